The van der Waals surface area contributed by atoms with Crippen LogP contribution in [-0.4, -0.2) is 40.9 Å². The number of para-hydroxylation sites is 1. The fourth-order valence-corrected chi connectivity index (χ4v) is 3.33. The molecule has 0 spiro atoms. The summed E-state index contributed by atoms with van der Waals surface area (Å²) in [4.78, 5) is 28.9. The van der Waals surface area contributed by atoms with Gasteiger partial charge in [0.1, 0.15) is 12.7 Å². The molecular weight excluding hydrogens is 358 g/mol. The van der Waals surface area contributed by atoms with Crippen molar-refractivity contribution >= 4 is 22.5 Å². The van der Waals surface area contributed by atoms with Gasteiger partial charge in [-0.05, 0) is 36.9 Å². The molecule has 144 valence electrons. The number of nitrogens with one attached hydrogen (secondary N) is 1. The van der Waals surface area contributed by atoms with Gasteiger partial charge in [0.25, 0.3) is 0 Å². The van der Waals surface area contributed by atoms with Crippen LogP contribution in [0.5, 0.6) is 0 Å². The van der Waals surface area contributed by atoms with E-state index >= 15 is 0 Å². The Morgan fingerprint density at radius 2 is 2.11 bits per heavy atom. The molecule has 0 radical (unpaired) electrons. The van der Waals surface area contributed by atoms with E-state index in [2.05, 4.69) is 20.5 Å². The van der Waals surface area contributed by atoms with E-state index < -0.39 is 0 Å². The lowest BCUT2D eigenvalue weighted by atomic mass is 10.1. The van der Waals surface area contributed by atoms with Crippen molar-refractivity contribution in [2.75, 3.05) is 0 Å². The number of nitrogens with zero attached hydrogens (tertiary/aromatic N) is 6. The van der Waals surface area contributed by atoms with Crippen molar-refractivity contribution in [2.24, 2.45) is 0 Å². The summed E-state index contributed by atoms with van der Waals surface area (Å²) in [6, 6.07) is 9.52. The summed E-state index contributed by atoms with van der Waals surface area (Å²) in [5, 5.41) is 12.4. The maximum atomic E-state index is 12.9. The molecule has 1 atom stereocenters. The van der Waals surface area contributed by atoms with E-state index in [1.165, 1.54) is 11.0 Å². The van der Waals surface area contributed by atoms with Crippen molar-refractivity contribution in [3.05, 3.63) is 59.0 Å². The van der Waals surface area contributed by atoms with E-state index in [9.17, 15) is 9.59 Å². The topological polar surface area (TPSA) is 99.1 Å². The molecule has 1 amide bonds. The summed E-state index contributed by atoms with van der Waals surface area (Å²) in [6.45, 7) is 4.55. The number of aromatic nitrogens is 6. The minimum Gasteiger partial charge on any atom is -0.352 e. The van der Waals surface area contributed by atoms with Crippen LogP contribution in [0.4, 0.5) is 0 Å². The average Bonchev–Trinajstić information content (AvgIpc) is 3.29. The molecule has 0 saturated heterocycles. The third-order valence-corrected chi connectivity index (χ3v) is 4.63. The highest BCUT2D eigenvalue weighted by Gasteiger charge is 2.15. The van der Waals surface area contributed by atoms with Crippen LogP contribution in [0.25, 0.3) is 16.6 Å². The normalized spacial score (nSPS) is 12.5. The third kappa shape index (κ3) is 3.38. The molecule has 1 N–H and O–H groups in total. The van der Waals surface area contributed by atoms with Crippen LogP contribution < -0.4 is 11.0 Å². The van der Waals surface area contributed by atoms with Gasteiger partial charge in [-0.15, -0.1) is 5.10 Å². The molecular formula is C19H21N7O2. The molecule has 1 unspecified atom stereocenters. The number of hydrogen-bond donors (Lipinski definition) is 1. The quantitative estimate of drug-likeness (QED) is 0.542. The van der Waals surface area contributed by atoms with Crippen LogP contribution in [0, 0.1) is 6.92 Å². The van der Waals surface area contributed by atoms with E-state index in [0.717, 1.165) is 16.5 Å². The molecule has 4 rings (SSSR count). The number of hydrogen-bond acceptors (Lipinski definition) is 5. The number of carbonyl (C=O) groups is 1. The molecule has 1 aromatic carbocycles. The zero-order chi connectivity index (χ0) is 19.7. The Balaban J connectivity index is 1.52. The summed E-state index contributed by atoms with van der Waals surface area (Å²) >= 11 is 0. The first-order valence-electron chi connectivity index (χ1n) is 9.12. The largest absolute Gasteiger partial charge is 0.352 e. The Kier molecular flexibility index (Phi) is 4.64. The van der Waals surface area contributed by atoms with Crippen LogP contribution in [0.1, 0.15) is 18.9 Å². The summed E-state index contributed by atoms with van der Waals surface area (Å²) in [7, 11) is 0. The van der Waals surface area contributed by atoms with Gasteiger partial charge in [-0.3, -0.25) is 9.48 Å². The van der Waals surface area contributed by atoms with Crippen molar-refractivity contribution in [1.29, 1.82) is 0 Å². The van der Waals surface area contributed by atoms with Gasteiger partial charge in [-0.25, -0.2) is 18.9 Å². The lowest BCUT2D eigenvalue weighted by Crippen LogP contribution is -2.38. The number of amides is 1. The van der Waals surface area contributed by atoms with Gasteiger partial charge in [0.15, 0.2) is 5.65 Å². The molecule has 9 heteroatoms. The molecule has 28 heavy (non-hydrogen) atoms. The van der Waals surface area contributed by atoms with Crippen LogP contribution in [0.3, 0.4) is 0 Å². The first-order chi connectivity index (χ1) is 13.5. The van der Waals surface area contributed by atoms with Gasteiger partial charge >= 0.3 is 5.69 Å². The zero-order valence-corrected chi connectivity index (χ0v) is 15.7. The van der Waals surface area contributed by atoms with E-state index in [1.54, 1.807) is 15.4 Å². The molecule has 0 aliphatic heterocycles. The highest BCUT2D eigenvalue weighted by Crippen LogP contribution is 2.17. The monoisotopic (exact) mass is 379 g/mol. The highest BCUT2D eigenvalue weighted by atomic mass is 16.2. The van der Waals surface area contributed by atoms with Gasteiger partial charge < -0.3 is 5.32 Å². The fourth-order valence-electron chi connectivity index (χ4n) is 3.33. The SMILES string of the molecule is Cc1cc2ccccc2n2c(=O)n(CC(C)NC(=O)CCn3cncn3)nc12. The minimum absolute atomic E-state index is 0.110. The smallest absolute Gasteiger partial charge is 0.350 e. The van der Waals surface area contributed by atoms with Gasteiger partial charge in [0.2, 0.25) is 5.91 Å². The number of pyridine rings is 1. The van der Waals surface area contributed by atoms with Crippen LogP contribution in [0.15, 0.2) is 47.8 Å². The minimum atomic E-state index is -0.238. The lowest BCUT2D eigenvalue weighted by molar-refractivity contribution is -0.122. The second-order valence-electron chi connectivity index (χ2n) is 6.89. The van der Waals surface area contributed by atoms with Crippen molar-refractivity contribution in [3.63, 3.8) is 0 Å². The number of aryl methyl sites for hydroxylation is 2. The molecule has 0 aliphatic carbocycles. The molecule has 3 heterocycles. The number of fused-ring (bicyclic) bond motifs is 3. The van der Waals surface area contributed by atoms with Gasteiger partial charge in [-0.2, -0.15) is 5.10 Å². The number of benzene rings is 1. The zero-order valence-electron chi connectivity index (χ0n) is 15.7. The van der Waals surface area contributed by atoms with E-state index in [4.69, 9.17) is 0 Å². The molecule has 0 saturated carbocycles. The van der Waals surface area contributed by atoms with E-state index in [-0.39, 0.29) is 24.1 Å². The Morgan fingerprint density at radius 3 is 2.89 bits per heavy atom. The molecule has 0 aliphatic rings. The Hall–Kier alpha value is -3.49. The summed E-state index contributed by atoms with van der Waals surface area (Å²) < 4.78 is 4.64. The van der Waals surface area contributed by atoms with E-state index in [1.807, 2.05) is 44.2 Å². The second-order valence-corrected chi connectivity index (χ2v) is 6.89. The van der Waals surface area contributed by atoms with Crippen molar-refractivity contribution in [1.82, 2.24) is 34.3 Å². The first kappa shape index (κ1) is 17.9. The van der Waals surface area contributed by atoms with Crippen LogP contribution >= 0.6 is 0 Å². The van der Waals surface area contributed by atoms with Crippen LogP contribution in [0.2, 0.25) is 0 Å². The fraction of sp³-hybridized carbons (Fsp3) is 0.316. The summed E-state index contributed by atoms with van der Waals surface area (Å²) in [6.07, 6.45) is 3.29. The Labute approximate surface area is 160 Å². The third-order valence-electron chi connectivity index (χ3n) is 4.63. The summed E-state index contributed by atoms with van der Waals surface area (Å²) in [5.74, 6) is -0.110. The molecule has 0 bridgehead atoms. The van der Waals surface area contributed by atoms with Crippen LogP contribution in [-0.2, 0) is 17.9 Å². The van der Waals surface area contributed by atoms with Crippen molar-refractivity contribution in [2.45, 2.75) is 39.4 Å². The second kappa shape index (κ2) is 7.26. The molecule has 3 aromatic heterocycles. The van der Waals surface area contributed by atoms with Gasteiger partial charge in [0.05, 0.1) is 18.6 Å². The number of rotatable bonds is 6. The van der Waals surface area contributed by atoms with Crippen molar-refractivity contribution in [3.8, 4) is 0 Å². The predicted molar refractivity (Wildman–Crippen MR) is 104 cm³/mol. The van der Waals surface area contributed by atoms with Gasteiger partial charge in [0, 0.05) is 12.5 Å². The maximum Gasteiger partial charge on any atom is 0.350 e. The maximum absolute atomic E-state index is 12.9. The standard InChI is InChI=1S/C19H21N7O2/c1-13-9-15-5-3-4-6-16(15)26-18(13)23-25(19(26)28)10-14(2)22-17(27)7-8-24-12-20-11-21-24/h3-6,9,11-12,14H,7-8,10H2,1-2H3,(H,22,27). The van der Waals surface area contributed by atoms with Crippen molar-refractivity contribution < 1.29 is 4.79 Å². The molecule has 9 nitrogen and oxygen atoms in total. The average molecular weight is 379 g/mol. The highest BCUT2D eigenvalue weighted by molar-refractivity contribution is 5.83. The molecule has 0 fully saturated rings. The molecule has 4 aromatic rings. The lowest BCUT2D eigenvalue weighted by Gasteiger charge is -2.13. The summed E-state index contributed by atoms with van der Waals surface area (Å²) in [5.41, 5.74) is 2.18. The Bertz CT molecular complexity index is 1190. The van der Waals surface area contributed by atoms with E-state index in [0.29, 0.717) is 18.7 Å². The number of carbonyl (C=O) groups excluding carboxylic acids is 1. The van der Waals surface area contributed by atoms with Gasteiger partial charge in [-0.1, -0.05) is 18.2 Å². The Morgan fingerprint density at radius 1 is 1.29 bits per heavy atom. The first-order valence-corrected chi connectivity index (χ1v) is 9.12. The predicted octanol–water partition coefficient (Wildman–Crippen LogP) is 1.14.